The van der Waals surface area contributed by atoms with Gasteiger partial charge in [0.2, 0.25) is 0 Å². The fourth-order valence-electron chi connectivity index (χ4n) is 2.34. The molecule has 0 radical (unpaired) electrons. The van der Waals surface area contributed by atoms with Crippen LogP contribution in [0.3, 0.4) is 0 Å². The maximum absolute atomic E-state index is 11.3. The van der Waals surface area contributed by atoms with Crippen molar-refractivity contribution in [3.63, 3.8) is 0 Å². The Morgan fingerprint density at radius 1 is 1.47 bits per heavy atom. The molecule has 1 aromatic rings. The summed E-state index contributed by atoms with van der Waals surface area (Å²) >= 11 is 4.93. The molecule has 0 saturated heterocycles. The van der Waals surface area contributed by atoms with Gasteiger partial charge in [0.1, 0.15) is 0 Å². The third-order valence-electron chi connectivity index (χ3n) is 3.04. The van der Waals surface area contributed by atoms with Crippen molar-refractivity contribution in [3.8, 4) is 0 Å². The highest BCUT2D eigenvalue weighted by Gasteiger charge is 2.32. The molecular weight excluding hydrogens is 276 g/mol. The van der Waals surface area contributed by atoms with Crippen molar-refractivity contribution in [1.29, 1.82) is 0 Å². The second-order valence-electron chi connectivity index (χ2n) is 4.00. The Kier molecular flexibility index (Phi) is 3.46. The Morgan fingerprint density at radius 2 is 2.13 bits per heavy atom. The van der Waals surface area contributed by atoms with Gasteiger partial charge in [0.05, 0.1) is 9.70 Å². The summed E-state index contributed by atoms with van der Waals surface area (Å²) < 4.78 is 1.02. The second kappa shape index (κ2) is 4.66. The molecule has 0 amide bonds. The molecule has 1 saturated carbocycles. The first-order valence-electron chi connectivity index (χ1n) is 5.16. The zero-order chi connectivity index (χ0) is 10.8. The van der Waals surface area contributed by atoms with Crippen LogP contribution in [0.4, 0.5) is 0 Å². The molecule has 1 aromatic heterocycles. The van der Waals surface area contributed by atoms with Crippen molar-refractivity contribution in [2.24, 2.45) is 5.92 Å². The van der Waals surface area contributed by atoms with E-state index in [-0.39, 0.29) is 5.92 Å². The first-order chi connectivity index (χ1) is 7.18. The number of carboxylic acids is 1. The largest absolute Gasteiger partial charge is 0.481 e. The molecule has 1 N–H and O–H groups in total. The molecule has 1 fully saturated rings. The summed E-state index contributed by atoms with van der Waals surface area (Å²) in [5, 5.41) is 9.29. The van der Waals surface area contributed by atoms with E-state index in [1.165, 1.54) is 12.8 Å². The topological polar surface area (TPSA) is 37.3 Å². The average molecular weight is 289 g/mol. The van der Waals surface area contributed by atoms with Gasteiger partial charge in [0.25, 0.3) is 0 Å². The van der Waals surface area contributed by atoms with Crippen LogP contribution in [0.1, 0.15) is 36.5 Å². The van der Waals surface area contributed by atoms with Crippen molar-refractivity contribution in [1.82, 2.24) is 0 Å². The first kappa shape index (κ1) is 11.1. The Morgan fingerprint density at radius 3 is 2.60 bits per heavy atom. The molecule has 4 heteroatoms. The van der Waals surface area contributed by atoms with Gasteiger partial charge in [-0.2, -0.15) is 0 Å². The standard InChI is InChI=1S/C11H13BrO2S/c12-9-6-5-8(15-9)10(11(13)14)7-3-1-2-4-7/h5-7,10H,1-4H2,(H,13,14). The summed E-state index contributed by atoms with van der Waals surface area (Å²) in [6.45, 7) is 0. The van der Waals surface area contributed by atoms with Crippen molar-refractivity contribution in [3.05, 3.63) is 20.8 Å². The second-order valence-corrected chi connectivity index (χ2v) is 6.50. The summed E-state index contributed by atoms with van der Waals surface area (Å²) in [6.07, 6.45) is 4.49. The van der Waals surface area contributed by atoms with Crippen LogP contribution in [0.15, 0.2) is 15.9 Å². The average Bonchev–Trinajstić information content (AvgIpc) is 2.77. The molecule has 1 heterocycles. The lowest BCUT2D eigenvalue weighted by Crippen LogP contribution is -2.18. The molecule has 0 aromatic carbocycles. The predicted octanol–water partition coefficient (Wildman–Crippen LogP) is 3.87. The van der Waals surface area contributed by atoms with Crippen LogP contribution in [0.5, 0.6) is 0 Å². The zero-order valence-corrected chi connectivity index (χ0v) is 10.7. The number of hydrogen-bond donors (Lipinski definition) is 1. The van der Waals surface area contributed by atoms with E-state index in [9.17, 15) is 9.90 Å². The zero-order valence-electron chi connectivity index (χ0n) is 8.28. The molecule has 82 valence electrons. The summed E-state index contributed by atoms with van der Waals surface area (Å²) in [6, 6.07) is 3.87. The number of rotatable bonds is 3. The smallest absolute Gasteiger partial charge is 0.312 e. The Hall–Kier alpha value is -0.350. The normalized spacial score (nSPS) is 19.3. The summed E-state index contributed by atoms with van der Waals surface area (Å²) in [5.41, 5.74) is 0. The van der Waals surface area contributed by atoms with Crippen molar-refractivity contribution >= 4 is 33.2 Å². The van der Waals surface area contributed by atoms with Crippen LogP contribution in [0.2, 0.25) is 0 Å². The lowest BCUT2D eigenvalue weighted by Gasteiger charge is -2.17. The van der Waals surface area contributed by atoms with Crippen LogP contribution in [-0.4, -0.2) is 11.1 Å². The summed E-state index contributed by atoms with van der Waals surface area (Å²) in [5.74, 6) is -0.617. The fourth-order valence-corrected chi connectivity index (χ4v) is 3.95. The molecule has 1 aliphatic carbocycles. The van der Waals surface area contributed by atoms with Gasteiger partial charge in [-0.3, -0.25) is 4.79 Å². The third-order valence-corrected chi connectivity index (χ3v) is 4.74. The Bertz CT molecular complexity index is 355. The van der Waals surface area contributed by atoms with Gasteiger partial charge < -0.3 is 5.11 Å². The highest BCUT2D eigenvalue weighted by Crippen LogP contribution is 2.40. The van der Waals surface area contributed by atoms with E-state index in [0.717, 1.165) is 21.5 Å². The van der Waals surface area contributed by atoms with Gasteiger partial charge in [-0.15, -0.1) is 11.3 Å². The minimum Gasteiger partial charge on any atom is -0.481 e. The fraction of sp³-hybridized carbons (Fsp3) is 0.545. The Labute approximate surface area is 101 Å². The van der Waals surface area contributed by atoms with Gasteiger partial charge in [0.15, 0.2) is 0 Å². The van der Waals surface area contributed by atoms with Crippen LogP contribution < -0.4 is 0 Å². The van der Waals surface area contributed by atoms with E-state index in [0.29, 0.717) is 5.92 Å². The minimum absolute atomic E-state index is 0.288. The molecule has 15 heavy (non-hydrogen) atoms. The van der Waals surface area contributed by atoms with Crippen LogP contribution >= 0.6 is 27.3 Å². The van der Waals surface area contributed by atoms with Gasteiger partial charge in [0, 0.05) is 4.88 Å². The lowest BCUT2D eigenvalue weighted by molar-refractivity contribution is -0.140. The number of carboxylic acid groups (broad SMARTS) is 1. The van der Waals surface area contributed by atoms with E-state index < -0.39 is 5.97 Å². The summed E-state index contributed by atoms with van der Waals surface area (Å²) in [7, 11) is 0. The predicted molar refractivity (Wildman–Crippen MR) is 64.4 cm³/mol. The van der Waals surface area contributed by atoms with Crippen LogP contribution in [0, 0.1) is 5.92 Å². The van der Waals surface area contributed by atoms with Crippen LogP contribution in [-0.2, 0) is 4.79 Å². The van der Waals surface area contributed by atoms with Gasteiger partial charge in [-0.05, 0) is 46.8 Å². The molecular formula is C11H13BrO2S. The number of thiophene rings is 1. The van der Waals surface area contributed by atoms with E-state index >= 15 is 0 Å². The monoisotopic (exact) mass is 288 g/mol. The van der Waals surface area contributed by atoms with Crippen molar-refractivity contribution in [2.75, 3.05) is 0 Å². The van der Waals surface area contributed by atoms with E-state index in [1.807, 2.05) is 12.1 Å². The molecule has 0 spiro atoms. The number of aliphatic carboxylic acids is 1. The Balaban J connectivity index is 2.22. The van der Waals surface area contributed by atoms with Crippen LogP contribution in [0.25, 0.3) is 0 Å². The molecule has 0 bridgehead atoms. The van der Waals surface area contributed by atoms with E-state index in [2.05, 4.69) is 15.9 Å². The molecule has 2 rings (SSSR count). The van der Waals surface area contributed by atoms with E-state index in [4.69, 9.17) is 0 Å². The molecule has 1 unspecified atom stereocenters. The minimum atomic E-state index is -0.670. The highest BCUT2D eigenvalue weighted by atomic mass is 79.9. The van der Waals surface area contributed by atoms with Crippen molar-refractivity contribution in [2.45, 2.75) is 31.6 Å². The number of hydrogen-bond acceptors (Lipinski definition) is 2. The first-order valence-corrected chi connectivity index (χ1v) is 6.77. The summed E-state index contributed by atoms with van der Waals surface area (Å²) in [4.78, 5) is 12.3. The maximum Gasteiger partial charge on any atom is 0.312 e. The van der Waals surface area contributed by atoms with Gasteiger partial charge >= 0.3 is 5.97 Å². The molecule has 0 aliphatic heterocycles. The van der Waals surface area contributed by atoms with Gasteiger partial charge in [-0.1, -0.05) is 12.8 Å². The van der Waals surface area contributed by atoms with Gasteiger partial charge in [-0.25, -0.2) is 0 Å². The SMILES string of the molecule is O=C(O)C(c1ccc(Br)s1)C1CCCC1. The maximum atomic E-state index is 11.3. The highest BCUT2D eigenvalue weighted by molar-refractivity contribution is 9.11. The number of carbonyl (C=O) groups is 1. The molecule has 2 nitrogen and oxygen atoms in total. The van der Waals surface area contributed by atoms with E-state index in [1.54, 1.807) is 11.3 Å². The van der Waals surface area contributed by atoms with Crippen molar-refractivity contribution < 1.29 is 9.90 Å². The molecule has 1 atom stereocenters. The molecule has 1 aliphatic rings. The number of halogens is 1. The third kappa shape index (κ3) is 2.42. The lowest BCUT2D eigenvalue weighted by atomic mass is 9.90. The quantitative estimate of drug-likeness (QED) is 0.917.